The van der Waals surface area contributed by atoms with Crippen LogP contribution in [0.3, 0.4) is 0 Å². The summed E-state index contributed by atoms with van der Waals surface area (Å²) in [6.45, 7) is 4.29. The fraction of sp³-hybridized carbons (Fsp3) is 0.455. The molecule has 0 bridgehead atoms. The van der Waals surface area contributed by atoms with Crippen LogP contribution in [0.4, 0.5) is 0 Å². The first-order chi connectivity index (χ1) is 5.83. The van der Waals surface area contributed by atoms with Gasteiger partial charge in [-0.3, -0.25) is 0 Å². The predicted molar refractivity (Wildman–Crippen MR) is 50.6 cm³/mol. The van der Waals surface area contributed by atoms with E-state index in [1.54, 1.807) is 7.11 Å². The Morgan fingerprint density at radius 1 is 1.33 bits per heavy atom. The summed E-state index contributed by atoms with van der Waals surface area (Å²) in [6.07, 6.45) is 2.05. The lowest BCUT2D eigenvalue weighted by molar-refractivity contribution is 0.409. The van der Waals surface area contributed by atoms with Crippen LogP contribution < -0.4 is 4.74 Å². The number of aryl methyl sites for hydroxylation is 1. The standard InChI is InChI=1S/C11H15O/c1-4-9-7-6-8-11(12-3)10(9)5-2/h6,8H,4-5H2,1-3H3. The molecule has 0 atom stereocenters. The lowest BCUT2D eigenvalue weighted by Gasteiger charge is -2.09. The van der Waals surface area contributed by atoms with Gasteiger partial charge in [-0.15, -0.1) is 0 Å². The smallest absolute Gasteiger partial charge is 0.122 e. The van der Waals surface area contributed by atoms with Crippen LogP contribution in [0.5, 0.6) is 5.75 Å². The molecule has 0 aliphatic rings. The minimum atomic E-state index is 0.994. The van der Waals surface area contributed by atoms with E-state index in [4.69, 9.17) is 4.74 Å². The lowest BCUT2D eigenvalue weighted by Crippen LogP contribution is -1.95. The number of benzene rings is 1. The Hall–Kier alpha value is -0.980. The van der Waals surface area contributed by atoms with Crippen LogP contribution in [0.1, 0.15) is 25.0 Å². The highest BCUT2D eigenvalue weighted by molar-refractivity contribution is 5.39. The van der Waals surface area contributed by atoms with Gasteiger partial charge in [0.05, 0.1) is 7.11 Å². The lowest BCUT2D eigenvalue weighted by atomic mass is 10.0. The van der Waals surface area contributed by atoms with Crippen molar-refractivity contribution in [2.24, 2.45) is 0 Å². The number of hydrogen-bond donors (Lipinski definition) is 0. The van der Waals surface area contributed by atoms with Crippen molar-refractivity contribution >= 4 is 0 Å². The Bertz CT molecular complexity index is 231. The highest BCUT2D eigenvalue weighted by atomic mass is 16.5. The maximum absolute atomic E-state index is 5.26. The summed E-state index contributed by atoms with van der Waals surface area (Å²) in [5.74, 6) is 0.994. The Labute approximate surface area is 74.4 Å². The average molecular weight is 163 g/mol. The molecule has 1 aromatic rings. The largest absolute Gasteiger partial charge is 0.496 e. The number of rotatable bonds is 3. The zero-order valence-electron chi connectivity index (χ0n) is 7.98. The Morgan fingerprint density at radius 2 is 2.08 bits per heavy atom. The van der Waals surface area contributed by atoms with Gasteiger partial charge < -0.3 is 4.74 Å². The normalized spacial score (nSPS) is 9.92. The quantitative estimate of drug-likeness (QED) is 0.665. The molecule has 1 aromatic carbocycles. The molecular formula is C11H15O. The van der Waals surface area contributed by atoms with E-state index in [1.165, 1.54) is 11.1 Å². The van der Waals surface area contributed by atoms with Gasteiger partial charge in [0.25, 0.3) is 0 Å². The Balaban J connectivity index is 3.13. The summed E-state index contributed by atoms with van der Waals surface area (Å²) in [4.78, 5) is 0. The van der Waals surface area contributed by atoms with E-state index in [1.807, 2.05) is 12.1 Å². The third kappa shape index (κ3) is 1.60. The van der Waals surface area contributed by atoms with E-state index in [0.29, 0.717) is 0 Å². The molecule has 0 aliphatic carbocycles. The molecule has 0 N–H and O–H groups in total. The van der Waals surface area contributed by atoms with Gasteiger partial charge in [-0.1, -0.05) is 19.9 Å². The van der Waals surface area contributed by atoms with Crippen molar-refractivity contribution in [1.29, 1.82) is 0 Å². The first-order valence-corrected chi connectivity index (χ1v) is 4.39. The minimum Gasteiger partial charge on any atom is -0.496 e. The molecule has 0 saturated carbocycles. The molecule has 0 aliphatic heterocycles. The van der Waals surface area contributed by atoms with Gasteiger partial charge in [0, 0.05) is 0 Å². The van der Waals surface area contributed by atoms with Crippen LogP contribution in [-0.2, 0) is 12.8 Å². The second kappa shape index (κ2) is 4.15. The maximum atomic E-state index is 5.26. The maximum Gasteiger partial charge on any atom is 0.122 e. The summed E-state index contributed by atoms with van der Waals surface area (Å²) < 4.78 is 5.26. The fourth-order valence-electron chi connectivity index (χ4n) is 1.45. The van der Waals surface area contributed by atoms with Crippen molar-refractivity contribution in [2.75, 3.05) is 7.11 Å². The SMILES string of the molecule is CCc1[c]ccc(OC)c1CC. The van der Waals surface area contributed by atoms with Crippen molar-refractivity contribution in [3.8, 4) is 5.75 Å². The van der Waals surface area contributed by atoms with Gasteiger partial charge in [0.1, 0.15) is 5.75 Å². The van der Waals surface area contributed by atoms with Gasteiger partial charge in [-0.25, -0.2) is 0 Å². The first-order valence-electron chi connectivity index (χ1n) is 4.39. The molecule has 0 aromatic heterocycles. The highest BCUT2D eigenvalue weighted by Crippen LogP contribution is 2.22. The molecule has 0 amide bonds. The van der Waals surface area contributed by atoms with Crippen LogP contribution >= 0.6 is 0 Å². The fourth-order valence-corrected chi connectivity index (χ4v) is 1.45. The third-order valence-electron chi connectivity index (χ3n) is 2.08. The summed E-state index contributed by atoms with van der Waals surface area (Å²) in [7, 11) is 1.72. The minimum absolute atomic E-state index is 0.994. The molecular weight excluding hydrogens is 148 g/mol. The molecule has 1 nitrogen and oxygen atoms in total. The number of hydrogen-bond acceptors (Lipinski definition) is 1. The zero-order valence-corrected chi connectivity index (χ0v) is 7.98. The van der Waals surface area contributed by atoms with Crippen molar-refractivity contribution < 1.29 is 4.74 Å². The van der Waals surface area contributed by atoms with E-state index < -0.39 is 0 Å². The molecule has 0 saturated heterocycles. The molecule has 0 spiro atoms. The van der Waals surface area contributed by atoms with E-state index in [9.17, 15) is 0 Å². The first kappa shape index (κ1) is 9.11. The summed E-state index contributed by atoms with van der Waals surface area (Å²) >= 11 is 0. The van der Waals surface area contributed by atoms with Crippen LogP contribution in [-0.4, -0.2) is 7.11 Å². The van der Waals surface area contributed by atoms with Crippen LogP contribution in [0.25, 0.3) is 0 Å². The second-order valence-corrected chi connectivity index (χ2v) is 2.71. The molecule has 12 heavy (non-hydrogen) atoms. The summed E-state index contributed by atoms with van der Waals surface area (Å²) in [6, 6.07) is 7.13. The number of methoxy groups -OCH3 is 1. The van der Waals surface area contributed by atoms with Crippen molar-refractivity contribution in [2.45, 2.75) is 26.7 Å². The van der Waals surface area contributed by atoms with Crippen LogP contribution in [0.15, 0.2) is 12.1 Å². The van der Waals surface area contributed by atoms with Crippen molar-refractivity contribution in [3.05, 3.63) is 29.3 Å². The molecule has 0 fully saturated rings. The Kier molecular flexibility index (Phi) is 3.15. The van der Waals surface area contributed by atoms with Crippen LogP contribution in [0, 0.1) is 6.07 Å². The van der Waals surface area contributed by atoms with E-state index in [2.05, 4.69) is 19.9 Å². The van der Waals surface area contributed by atoms with Crippen molar-refractivity contribution in [1.82, 2.24) is 0 Å². The van der Waals surface area contributed by atoms with Gasteiger partial charge in [0.2, 0.25) is 0 Å². The van der Waals surface area contributed by atoms with Gasteiger partial charge in [-0.2, -0.15) is 0 Å². The molecule has 1 rings (SSSR count). The van der Waals surface area contributed by atoms with Crippen LogP contribution in [0.2, 0.25) is 0 Å². The van der Waals surface area contributed by atoms with Gasteiger partial charge >= 0.3 is 0 Å². The molecule has 0 heterocycles. The van der Waals surface area contributed by atoms with Crippen molar-refractivity contribution in [3.63, 3.8) is 0 Å². The molecule has 1 heteroatoms. The van der Waals surface area contributed by atoms with E-state index in [0.717, 1.165) is 18.6 Å². The molecule has 1 radical (unpaired) electrons. The number of ether oxygens (including phenoxy) is 1. The van der Waals surface area contributed by atoms with E-state index in [-0.39, 0.29) is 0 Å². The summed E-state index contributed by atoms with van der Waals surface area (Å²) in [5.41, 5.74) is 2.57. The average Bonchev–Trinajstić information content (AvgIpc) is 2.16. The molecule has 65 valence electrons. The predicted octanol–water partition coefficient (Wildman–Crippen LogP) is 2.62. The third-order valence-corrected chi connectivity index (χ3v) is 2.08. The summed E-state index contributed by atoms with van der Waals surface area (Å²) in [5, 5.41) is 0. The highest BCUT2D eigenvalue weighted by Gasteiger charge is 2.04. The van der Waals surface area contributed by atoms with E-state index >= 15 is 0 Å². The molecule has 0 unspecified atom stereocenters. The monoisotopic (exact) mass is 163 g/mol. The van der Waals surface area contributed by atoms with Gasteiger partial charge in [0.15, 0.2) is 0 Å². The zero-order chi connectivity index (χ0) is 8.97. The topological polar surface area (TPSA) is 9.23 Å². The van der Waals surface area contributed by atoms with Gasteiger partial charge in [-0.05, 0) is 36.1 Å². The second-order valence-electron chi connectivity index (χ2n) is 2.71. The Morgan fingerprint density at radius 3 is 2.58 bits per heavy atom.